The van der Waals surface area contributed by atoms with Crippen LogP contribution in [0, 0.1) is 5.92 Å². The summed E-state index contributed by atoms with van der Waals surface area (Å²) >= 11 is 11.6. The third-order valence-corrected chi connectivity index (χ3v) is 4.90. The molecule has 1 atom stereocenters. The Bertz CT molecular complexity index is 531. The van der Waals surface area contributed by atoms with E-state index in [-0.39, 0.29) is 11.7 Å². The predicted molar refractivity (Wildman–Crippen MR) is 70.8 cm³/mol. The van der Waals surface area contributed by atoms with Crippen LogP contribution in [0.15, 0.2) is 24.3 Å². The Balaban J connectivity index is 2.06. The van der Waals surface area contributed by atoms with E-state index in [1.54, 1.807) is 24.3 Å². The Labute approximate surface area is 110 Å². The number of hydrogen-bond acceptors (Lipinski definition) is 3. The number of sulfonamides is 1. The van der Waals surface area contributed by atoms with Crippen LogP contribution in [0.4, 0.5) is 11.4 Å². The van der Waals surface area contributed by atoms with Crippen molar-refractivity contribution in [1.82, 2.24) is 0 Å². The van der Waals surface area contributed by atoms with Gasteiger partial charge in [0.15, 0.2) is 0 Å². The van der Waals surface area contributed by atoms with E-state index in [9.17, 15) is 8.42 Å². The number of rotatable bonds is 4. The van der Waals surface area contributed by atoms with Gasteiger partial charge in [0.25, 0.3) is 0 Å². The molecule has 0 saturated heterocycles. The number of halogens is 2. The fourth-order valence-electron chi connectivity index (χ4n) is 1.51. The maximum atomic E-state index is 11.8. The van der Waals surface area contributed by atoms with Gasteiger partial charge in [-0.3, -0.25) is 4.72 Å². The molecule has 0 radical (unpaired) electrons. The molecule has 0 heterocycles. The number of benzene rings is 1. The van der Waals surface area contributed by atoms with Gasteiger partial charge in [-0.05, 0) is 18.6 Å². The average molecular weight is 295 g/mol. The number of para-hydroxylation sites is 2. The Morgan fingerprint density at radius 1 is 1.41 bits per heavy atom. The first-order chi connectivity index (χ1) is 7.80. The average Bonchev–Trinajstić information content (AvgIpc) is 2.76. The van der Waals surface area contributed by atoms with Gasteiger partial charge in [0.05, 0.1) is 17.1 Å². The normalized spacial score (nSPS) is 22.1. The molecule has 94 valence electrons. The molecular weight excluding hydrogens is 283 g/mol. The van der Waals surface area contributed by atoms with Crippen LogP contribution in [0.3, 0.4) is 0 Å². The van der Waals surface area contributed by atoms with Crippen LogP contribution in [0.5, 0.6) is 0 Å². The van der Waals surface area contributed by atoms with E-state index in [2.05, 4.69) is 4.72 Å². The zero-order valence-electron chi connectivity index (χ0n) is 8.86. The van der Waals surface area contributed by atoms with Gasteiger partial charge >= 0.3 is 0 Å². The molecule has 0 amide bonds. The number of nitrogens with one attached hydrogen (secondary N) is 1. The van der Waals surface area contributed by atoms with E-state index in [0.29, 0.717) is 17.8 Å². The molecule has 1 saturated carbocycles. The van der Waals surface area contributed by atoms with E-state index in [1.165, 1.54) is 0 Å². The fraction of sp³-hybridized carbons (Fsp3) is 0.400. The van der Waals surface area contributed by atoms with Crippen molar-refractivity contribution >= 4 is 44.6 Å². The lowest BCUT2D eigenvalue weighted by Crippen LogP contribution is -2.20. The smallest absolute Gasteiger partial charge is 0.233 e. The molecule has 0 bridgehead atoms. The van der Waals surface area contributed by atoms with E-state index in [1.807, 2.05) is 0 Å². The minimum atomic E-state index is -3.46. The van der Waals surface area contributed by atoms with Gasteiger partial charge in [0, 0.05) is 5.92 Å². The summed E-state index contributed by atoms with van der Waals surface area (Å²) in [6.45, 7) is 0. The molecule has 0 spiro atoms. The summed E-state index contributed by atoms with van der Waals surface area (Å²) in [6, 6.07) is 6.67. The standard InChI is InChI=1S/C10H12Cl2N2O2S/c11-10(12)5-7(10)6-17(15,16)14-9-4-2-1-3-8(9)13/h1-4,7,14H,5-6,13H2/t7-/m1/s1. The molecule has 0 unspecified atom stereocenters. The number of nitrogens with two attached hydrogens (primary N) is 1. The van der Waals surface area contributed by atoms with Crippen molar-refractivity contribution in [1.29, 1.82) is 0 Å². The Morgan fingerprint density at radius 2 is 2.00 bits per heavy atom. The number of alkyl halides is 2. The highest BCUT2D eigenvalue weighted by Crippen LogP contribution is 2.53. The Kier molecular flexibility index (Phi) is 3.18. The van der Waals surface area contributed by atoms with Gasteiger partial charge in [-0.25, -0.2) is 8.42 Å². The van der Waals surface area contributed by atoms with E-state index in [4.69, 9.17) is 28.9 Å². The van der Waals surface area contributed by atoms with Crippen LogP contribution in [-0.2, 0) is 10.0 Å². The lowest BCUT2D eigenvalue weighted by molar-refractivity contribution is 0.597. The molecule has 1 aromatic carbocycles. The molecule has 1 fully saturated rings. The van der Waals surface area contributed by atoms with Crippen molar-refractivity contribution in [2.75, 3.05) is 16.2 Å². The molecule has 4 nitrogen and oxygen atoms in total. The lowest BCUT2D eigenvalue weighted by atomic mass is 10.3. The van der Waals surface area contributed by atoms with E-state index < -0.39 is 14.4 Å². The van der Waals surface area contributed by atoms with Gasteiger partial charge < -0.3 is 5.73 Å². The largest absolute Gasteiger partial charge is 0.397 e. The second-order valence-electron chi connectivity index (χ2n) is 4.13. The molecule has 0 aromatic heterocycles. The SMILES string of the molecule is Nc1ccccc1NS(=O)(=O)C[C@H]1CC1(Cl)Cl. The topological polar surface area (TPSA) is 72.2 Å². The van der Waals surface area contributed by atoms with Crippen LogP contribution < -0.4 is 10.5 Å². The first kappa shape index (κ1) is 12.8. The Hall–Kier alpha value is -0.650. The summed E-state index contributed by atoms with van der Waals surface area (Å²) in [5.74, 6) is -0.304. The first-order valence-corrected chi connectivity index (χ1v) is 7.44. The summed E-state index contributed by atoms with van der Waals surface area (Å²) < 4.78 is 25.1. The van der Waals surface area contributed by atoms with Crippen LogP contribution in [0.25, 0.3) is 0 Å². The molecule has 17 heavy (non-hydrogen) atoms. The van der Waals surface area contributed by atoms with Crippen molar-refractivity contribution in [3.05, 3.63) is 24.3 Å². The third-order valence-electron chi connectivity index (χ3n) is 2.60. The summed E-state index contributed by atoms with van der Waals surface area (Å²) in [6.07, 6.45) is 0.501. The van der Waals surface area contributed by atoms with Crippen molar-refractivity contribution < 1.29 is 8.42 Å². The monoisotopic (exact) mass is 294 g/mol. The minimum absolute atomic E-state index is 0.0890. The summed E-state index contributed by atoms with van der Waals surface area (Å²) in [5, 5.41) is 0. The number of hydrogen-bond donors (Lipinski definition) is 2. The van der Waals surface area contributed by atoms with Crippen molar-refractivity contribution in [3.63, 3.8) is 0 Å². The molecule has 0 aliphatic heterocycles. The first-order valence-electron chi connectivity index (χ1n) is 5.03. The highest BCUT2D eigenvalue weighted by atomic mass is 35.5. The number of nitrogen functional groups attached to an aromatic ring is 1. The zero-order valence-corrected chi connectivity index (χ0v) is 11.2. The third kappa shape index (κ3) is 3.18. The zero-order chi connectivity index (χ0) is 12.7. The van der Waals surface area contributed by atoms with Crippen LogP contribution in [-0.4, -0.2) is 18.5 Å². The fourth-order valence-corrected chi connectivity index (χ4v) is 3.76. The highest BCUT2D eigenvalue weighted by molar-refractivity contribution is 7.92. The van der Waals surface area contributed by atoms with Gasteiger partial charge in [0.2, 0.25) is 10.0 Å². The van der Waals surface area contributed by atoms with Crippen LogP contribution in [0.2, 0.25) is 0 Å². The van der Waals surface area contributed by atoms with Crippen LogP contribution in [0.1, 0.15) is 6.42 Å². The second-order valence-corrected chi connectivity index (χ2v) is 7.44. The Morgan fingerprint density at radius 3 is 2.53 bits per heavy atom. The van der Waals surface area contributed by atoms with Gasteiger partial charge in [-0.2, -0.15) is 0 Å². The number of anilines is 2. The second kappa shape index (κ2) is 4.23. The molecule has 1 aliphatic rings. The summed E-state index contributed by atoms with van der Waals surface area (Å²) in [4.78, 5) is 0. The predicted octanol–water partition coefficient (Wildman–Crippen LogP) is 2.20. The quantitative estimate of drug-likeness (QED) is 0.660. The molecule has 1 aromatic rings. The van der Waals surface area contributed by atoms with Crippen LogP contribution >= 0.6 is 23.2 Å². The summed E-state index contributed by atoms with van der Waals surface area (Å²) in [5.41, 5.74) is 6.41. The maximum absolute atomic E-state index is 11.8. The molecule has 3 N–H and O–H groups in total. The van der Waals surface area contributed by atoms with E-state index in [0.717, 1.165) is 0 Å². The molecule has 1 aliphatic carbocycles. The van der Waals surface area contributed by atoms with E-state index >= 15 is 0 Å². The van der Waals surface area contributed by atoms with Gasteiger partial charge in [-0.15, -0.1) is 23.2 Å². The maximum Gasteiger partial charge on any atom is 0.233 e. The minimum Gasteiger partial charge on any atom is -0.397 e. The van der Waals surface area contributed by atoms with Crippen molar-refractivity contribution in [2.24, 2.45) is 5.92 Å². The van der Waals surface area contributed by atoms with Gasteiger partial charge in [-0.1, -0.05) is 12.1 Å². The molecule has 7 heteroatoms. The van der Waals surface area contributed by atoms with Crippen molar-refractivity contribution in [2.45, 2.75) is 10.8 Å². The highest BCUT2D eigenvalue weighted by Gasteiger charge is 2.53. The molecular formula is C10H12Cl2N2O2S. The molecule has 2 rings (SSSR count). The lowest BCUT2D eigenvalue weighted by Gasteiger charge is -2.09. The van der Waals surface area contributed by atoms with Crippen molar-refractivity contribution in [3.8, 4) is 0 Å². The summed E-state index contributed by atoms with van der Waals surface area (Å²) in [7, 11) is -3.46. The van der Waals surface area contributed by atoms with Gasteiger partial charge in [0.1, 0.15) is 4.33 Å².